The van der Waals surface area contributed by atoms with Gasteiger partial charge in [-0.15, -0.1) is 5.10 Å². The molecule has 0 spiro atoms. The van der Waals surface area contributed by atoms with Gasteiger partial charge in [-0.3, -0.25) is 9.67 Å². The van der Waals surface area contributed by atoms with Crippen molar-refractivity contribution in [1.82, 2.24) is 20.0 Å². The first-order chi connectivity index (χ1) is 7.38. The summed E-state index contributed by atoms with van der Waals surface area (Å²) in [5.74, 6) is 0. The molecule has 0 aliphatic carbocycles. The molecule has 0 atom stereocenters. The van der Waals surface area contributed by atoms with Gasteiger partial charge in [-0.05, 0) is 24.1 Å². The van der Waals surface area contributed by atoms with Crippen LogP contribution in [-0.2, 0) is 18.3 Å². The lowest BCUT2D eigenvalue weighted by Crippen LogP contribution is -2.02. The SMILES string of the molecule is BrCc1cn(CCc2ccncc2)nn1. The van der Waals surface area contributed by atoms with E-state index >= 15 is 0 Å². The smallest absolute Gasteiger partial charge is 0.0932 e. The molecule has 0 fully saturated rings. The molecule has 15 heavy (non-hydrogen) atoms. The van der Waals surface area contributed by atoms with Gasteiger partial charge in [0.05, 0.1) is 5.69 Å². The molecule has 0 aliphatic heterocycles. The first kappa shape index (κ1) is 10.3. The van der Waals surface area contributed by atoms with Gasteiger partial charge in [0.1, 0.15) is 0 Å². The Labute approximate surface area is 96.5 Å². The van der Waals surface area contributed by atoms with Crippen LogP contribution in [0, 0.1) is 0 Å². The molecule has 0 N–H and O–H groups in total. The maximum atomic E-state index is 4.02. The number of halogens is 1. The van der Waals surface area contributed by atoms with Crippen LogP contribution in [0.4, 0.5) is 0 Å². The van der Waals surface area contributed by atoms with Gasteiger partial charge in [0, 0.05) is 30.5 Å². The molecule has 2 aromatic heterocycles. The molecule has 0 unspecified atom stereocenters. The summed E-state index contributed by atoms with van der Waals surface area (Å²) in [7, 11) is 0. The van der Waals surface area contributed by atoms with Gasteiger partial charge < -0.3 is 0 Å². The fourth-order valence-electron chi connectivity index (χ4n) is 1.30. The molecular weight excluding hydrogens is 256 g/mol. The van der Waals surface area contributed by atoms with Crippen molar-refractivity contribution in [2.24, 2.45) is 0 Å². The molecule has 0 aliphatic rings. The van der Waals surface area contributed by atoms with E-state index in [0.29, 0.717) is 0 Å². The number of rotatable bonds is 4. The second-order valence-corrected chi connectivity index (χ2v) is 3.77. The van der Waals surface area contributed by atoms with Crippen LogP contribution in [0.3, 0.4) is 0 Å². The minimum absolute atomic E-state index is 0.752. The van der Waals surface area contributed by atoms with Crippen molar-refractivity contribution in [1.29, 1.82) is 0 Å². The summed E-state index contributed by atoms with van der Waals surface area (Å²) in [5.41, 5.74) is 2.23. The molecular formula is C10H11BrN4. The minimum atomic E-state index is 0.752. The fraction of sp³-hybridized carbons (Fsp3) is 0.300. The Morgan fingerprint density at radius 2 is 2.07 bits per heavy atom. The zero-order valence-corrected chi connectivity index (χ0v) is 9.76. The van der Waals surface area contributed by atoms with Gasteiger partial charge in [0.25, 0.3) is 0 Å². The maximum Gasteiger partial charge on any atom is 0.0932 e. The number of aryl methyl sites for hydroxylation is 2. The van der Waals surface area contributed by atoms with Crippen LogP contribution in [0.25, 0.3) is 0 Å². The van der Waals surface area contributed by atoms with E-state index in [9.17, 15) is 0 Å². The Kier molecular flexibility index (Phi) is 3.45. The average Bonchev–Trinajstić information content (AvgIpc) is 2.76. The Hall–Kier alpha value is -1.23. The second kappa shape index (κ2) is 5.02. The lowest BCUT2D eigenvalue weighted by Gasteiger charge is -1.99. The summed E-state index contributed by atoms with van der Waals surface area (Å²) in [6, 6.07) is 4.03. The topological polar surface area (TPSA) is 43.6 Å². The van der Waals surface area contributed by atoms with Crippen LogP contribution < -0.4 is 0 Å². The van der Waals surface area contributed by atoms with Crippen LogP contribution in [-0.4, -0.2) is 20.0 Å². The predicted octanol–water partition coefficient (Wildman–Crippen LogP) is 1.81. The van der Waals surface area contributed by atoms with Gasteiger partial charge >= 0.3 is 0 Å². The van der Waals surface area contributed by atoms with Crippen LogP contribution in [0.1, 0.15) is 11.3 Å². The highest BCUT2D eigenvalue weighted by Crippen LogP contribution is 2.02. The number of aromatic nitrogens is 4. The van der Waals surface area contributed by atoms with Crippen molar-refractivity contribution >= 4 is 15.9 Å². The highest BCUT2D eigenvalue weighted by Gasteiger charge is 1.99. The minimum Gasteiger partial charge on any atom is -0.265 e. The third kappa shape index (κ3) is 2.86. The lowest BCUT2D eigenvalue weighted by molar-refractivity contribution is 0.589. The number of hydrogen-bond donors (Lipinski definition) is 0. The molecule has 4 nitrogen and oxygen atoms in total. The fourth-order valence-corrected chi connectivity index (χ4v) is 1.56. The van der Waals surface area contributed by atoms with Crippen molar-refractivity contribution < 1.29 is 0 Å². The molecule has 0 saturated carbocycles. The van der Waals surface area contributed by atoms with Crippen LogP contribution in [0.15, 0.2) is 30.7 Å². The van der Waals surface area contributed by atoms with E-state index in [0.717, 1.165) is 24.0 Å². The van der Waals surface area contributed by atoms with E-state index in [1.807, 2.05) is 23.0 Å². The van der Waals surface area contributed by atoms with Crippen molar-refractivity contribution in [2.45, 2.75) is 18.3 Å². The number of alkyl halides is 1. The standard InChI is InChI=1S/C10H11BrN4/c11-7-10-8-15(14-13-10)6-3-9-1-4-12-5-2-9/h1-2,4-5,8H,3,6-7H2. The summed E-state index contributed by atoms with van der Waals surface area (Å²) in [6.45, 7) is 0.851. The molecule has 0 saturated heterocycles. The zero-order valence-electron chi connectivity index (χ0n) is 8.17. The van der Waals surface area contributed by atoms with Crippen molar-refractivity contribution in [2.75, 3.05) is 0 Å². The molecule has 2 heterocycles. The highest BCUT2D eigenvalue weighted by molar-refractivity contribution is 9.08. The molecule has 2 aromatic rings. The lowest BCUT2D eigenvalue weighted by atomic mass is 10.2. The Bertz CT molecular complexity index is 412. The van der Waals surface area contributed by atoms with Gasteiger partial charge in [-0.2, -0.15) is 0 Å². The average molecular weight is 267 g/mol. The Morgan fingerprint density at radius 1 is 1.27 bits per heavy atom. The number of nitrogens with zero attached hydrogens (tertiary/aromatic N) is 4. The molecule has 0 bridgehead atoms. The summed E-state index contributed by atoms with van der Waals surface area (Å²) in [6.07, 6.45) is 6.52. The number of hydrogen-bond acceptors (Lipinski definition) is 3. The van der Waals surface area contributed by atoms with Gasteiger partial charge in [-0.25, -0.2) is 0 Å². The van der Waals surface area contributed by atoms with Gasteiger partial charge in [0.2, 0.25) is 0 Å². The number of pyridine rings is 1. The van der Waals surface area contributed by atoms with Gasteiger partial charge in [0.15, 0.2) is 0 Å². The van der Waals surface area contributed by atoms with Crippen molar-refractivity contribution in [3.63, 3.8) is 0 Å². The maximum absolute atomic E-state index is 4.02. The highest BCUT2D eigenvalue weighted by atomic mass is 79.9. The molecule has 5 heteroatoms. The van der Waals surface area contributed by atoms with Gasteiger partial charge in [-0.1, -0.05) is 21.1 Å². The molecule has 0 radical (unpaired) electrons. The molecule has 78 valence electrons. The summed E-state index contributed by atoms with van der Waals surface area (Å²) in [4.78, 5) is 3.98. The van der Waals surface area contributed by atoms with E-state index in [1.54, 1.807) is 12.4 Å². The summed E-state index contributed by atoms with van der Waals surface area (Å²) < 4.78 is 1.86. The second-order valence-electron chi connectivity index (χ2n) is 3.21. The Morgan fingerprint density at radius 3 is 2.73 bits per heavy atom. The predicted molar refractivity (Wildman–Crippen MR) is 60.6 cm³/mol. The first-order valence-electron chi connectivity index (χ1n) is 4.72. The van der Waals surface area contributed by atoms with E-state index in [4.69, 9.17) is 0 Å². The van der Waals surface area contributed by atoms with Crippen molar-refractivity contribution in [3.8, 4) is 0 Å². The van der Waals surface area contributed by atoms with E-state index in [-0.39, 0.29) is 0 Å². The zero-order chi connectivity index (χ0) is 10.5. The first-order valence-corrected chi connectivity index (χ1v) is 5.84. The third-order valence-corrected chi connectivity index (χ3v) is 2.68. The third-order valence-electron chi connectivity index (χ3n) is 2.10. The molecule has 2 rings (SSSR count). The van der Waals surface area contributed by atoms with E-state index < -0.39 is 0 Å². The van der Waals surface area contributed by atoms with E-state index in [1.165, 1.54) is 5.56 Å². The van der Waals surface area contributed by atoms with Crippen molar-refractivity contribution in [3.05, 3.63) is 42.0 Å². The van der Waals surface area contributed by atoms with Crippen LogP contribution >= 0.6 is 15.9 Å². The largest absolute Gasteiger partial charge is 0.265 e. The molecule has 0 aromatic carbocycles. The monoisotopic (exact) mass is 266 g/mol. The van der Waals surface area contributed by atoms with E-state index in [2.05, 4.69) is 31.2 Å². The normalized spacial score (nSPS) is 10.5. The quantitative estimate of drug-likeness (QED) is 0.793. The van der Waals surface area contributed by atoms with Crippen LogP contribution in [0.5, 0.6) is 0 Å². The summed E-state index contributed by atoms with van der Waals surface area (Å²) >= 11 is 3.34. The molecule has 0 amide bonds. The summed E-state index contributed by atoms with van der Waals surface area (Å²) in [5, 5.41) is 8.78. The van der Waals surface area contributed by atoms with Crippen LogP contribution in [0.2, 0.25) is 0 Å². The Balaban J connectivity index is 1.93.